The molecule has 0 spiro atoms. The molecule has 0 saturated carbocycles. The van der Waals surface area contributed by atoms with Gasteiger partial charge in [0.25, 0.3) is 0 Å². The molecule has 0 radical (unpaired) electrons. The van der Waals surface area contributed by atoms with Gasteiger partial charge in [-0.05, 0) is 69.5 Å². The van der Waals surface area contributed by atoms with E-state index in [4.69, 9.17) is 23.7 Å². The lowest BCUT2D eigenvalue weighted by Crippen LogP contribution is -2.65. The summed E-state index contributed by atoms with van der Waals surface area (Å²) < 4.78 is 34.0. The summed E-state index contributed by atoms with van der Waals surface area (Å²) in [5.41, 5.74) is 10.5. The highest BCUT2D eigenvalue weighted by Gasteiger charge is 2.57. The van der Waals surface area contributed by atoms with Crippen molar-refractivity contribution in [2.45, 2.75) is 70.0 Å². The Morgan fingerprint density at radius 3 is 1.57 bits per heavy atom. The van der Waals surface area contributed by atoms with Crippen LogP contribution in [-0.2, 0) is 62.3 Å². The molecule has 5 aromatic carbocycles. The molecule has 294 valence electrons. The van der Waals surface area contributed by atoms with Gasteiger partial charge < -0.3 is 28.8 Å². The molecule has 1 fully saturated rings. The zero-order valence-electron chi connectivity index (χ0n) is 32.9. The second-order valence-corrected chi connectivity index (χ2v) is 15.1. The summed E-state index contributed by atoms with van der Waals surface area (Å²) in [4.78, 5) is 0. The van der Waals surface area contributed by atoms with Crippen molar-refractivity contribution in [3.8, 4) is 11.1 Å². The lowest BCUT2D eigenvalue weighted by Gasteiger charge is -2.50. The van der Waals surface area contributed by atoms with Crippen LogP contribution in [0.3, 0.4) is 0 Å². The molecule has 6 heteroatoms. The monoisotopic (exact) mass is 770 g/mol. The molecule has 6 nitrogen and oxygen atoms in total. The number of aryl methyl sites for hydroxylation is 1. The molecular weight excluding hydrogens is 721 g/mol. The second kappa shape index (κ2) is 18.9. The lowest BCUT2D eigenvalue weighted by molar-refractivity contribution is -0.378. The first kappa shape index (κ1) is 39.4. The predicted octanol–water partition coefficient (Wildman–Crippen LogP) is 10.2. The quantitative estimate of drug-likeness (QED) is 0.106. The third-order valence-corrected chi connectivity index (χ3v) is 10.9. The average Bonchev–Trinajstić information content (AvgIpc) is 3.39. The van der Waals surface area contributed by atoms with Crippen LogP contribution in [0.4, 0.5) is 0 Å². The van der Waals surface area contributed by atoms with Crippen molar-refractivity contribution < 1.29 is 28.8 Å². The number of benzene rings is 5. The molecule has 8 rings (SSSR count). The Morgan fingerprint density at radius 1 is 0.500 bits per heavy atom. The van der Waals surface area contributed by atoms with Gasteiger partial charge in [-0.1, -0.05) is 176 Å². The number of hydrogen-bond acceptors (Lipinski definition) is 6. The molecule has 1 heterocycles. The van der Waals surface area contributed by atoms with E-state index in [1.54, 1.807) is 0 Å². The maximum absolute atomic E-state index is 13.3. The van der Waals surface area contributed by atoms with Crippen molar-refractivity contribution in [1.29, 1.82) is 0 Å². The zero-order valence-corrected chi connectivity index (χ0v) is 32.9. The number of ether oxygens (including phenoxy) is 5. The number of rotatable bonds is 16. The van der Waals surface area contributed by atoms with E-state index < -0.39 is 30.2 Å². The van der Waals surface area contributed by atoms with Crippen molar-refractivity contribution in [2.24, 2.45) is 0 Å². The second-order valence-electron chi connectivity index (χ2n) is 15.1. The number of hydrogen-bond donors (Lipinski definition) is 1. The first-order valence-corrected chi connectivity index (χ1v) is 20.1. The van der Waals surface area contributed by atoms with Crippen molar-refractivity contribution in [3.63, 3.8) is 0 Å². The van der Waals surface area contributed by atoms with Crippen LogP contribution >= 0.6 is 0 Å². The smallest absolute Gasteiger partial charge is 0.222 e. The van der Waals surface area contributed by atoms with Crippen LogP contribution in [-0.4, -0.2) is 36.1 Å². The van der Waals surface area contributed by atoms with Gasteiger partial charge >= 0.3 is 0 Å². The van der Waals surface area contributed by atoms with Crippen LogP contribution < -0.4 is 0 Å². The fourth-order valence-corrected chi connectivity index (χ4v) is 7.94. The van der Waals surface area contributed by atoms with E-state index in [0.29, 0.717) is 25.2 Å². The van der Waals surface area contributed by atoms with Crippen molar-refractivity contribution in [1.82, 2.24) is 0 Å². The average molecular weight is 771 g/mol. The Hall–Kier alpha value is -5.44. The molecule has 0 amide bonds. The van der Waals surface area contributed by atoms with Gasteiger partial charge in [-0.15, -0.1) is 0 Å². The topological polar surface area (TPSA) is 66.4 Å². The molecule has 5 atom stereocenters. The standard InChI is InChI=1S/C52H50O6/c1-38-30-44(47-29-16-6-15-28-46(38)47)31-43-26-17-27-45(32-43)52(53)51(57-36-42-24-13-5-14-25-42)50(56-35-41-22-11-4-12-23-41)49(55-34-40-20-9-3-10-21-40)48(58-52)37-54-33-39-18-7-2-8-19-39/h2-30,32,48-51,53H,31,33-37H2,1H3/t48-,49-,50+,51-,52?/m1/s1. The molecule has 0 aromatic heterocycles. The van der Waals surface area contributed by atoms with Crippen LogP contribution in [0.25, 0.3) is 11.1 Å². The summed E-state index contributed by atoms with van der Waals surface area (Å²) in [6.07, 6.45) is -2.52. The Labute approximate surface area is 341 Å². The van der Waals surface area contributed by atoms with Gasteiger partial charge in [0.1, 0.15) is 24.4 Å². The maximum atomic E-state index is 13.3. The fourth-order valence-electron chi connectivity index (χ4n) is 7.94. The van der Waals surface area contributed by atoms with Crippen molar-refractivity contribution >= 4 is 0 Å². The summed E-state index contributed by atoms with van der Waals surface area (Å²) >= 11 is 0. The van der Waals surface area contributed by atoms with Crippen molar-refractivity contribution in [3.05, 3.63) is 226 Å². The summed E-state index contributed by atoms with van der Waals surface area (Å²) in [6.45, 7) is 3.46. The van der Waals surface area contributed by atoms with Crippen LogP contribution in [0.1, 0.15) is 44.5 Å². The van der Waals surface area contributed by atoms with Gasteiger partial charge in [-0.25, -0.2) is 0 Å². The van der Waals surface area contributed by atoms with Gasteiger partial charge in [0.05, 0.1) is 33.0 Å². The third-order valence-electron chi connectivity index (χ3n) is 10.9. The predicted molar refractivity (Wildman–Crippen MR) is 227 cm³/mol. The Morgan fingerprint density at radius 2 is 0.983 bits per heavy atom. The molecule has 1 aliphatic heterocycles. The molecule has 1 N–H and O–H groups in total. The summed E-state index contributed by atoms with van der Waals surface area (Å²) in [7, 11) is 0. The normalized spacial score (nSPS) is 20.6. The van der Waals surface area contributed by atoms with Crippen LogP contribution in [0.15, 0.2) is 182 Å². The third kappa shape index (κ3) is 9.46. The summed E-state index contributed by atoms with van der Waals surface area (Å²) in [5.74, 6) is -1.95. The Kier molecular flexibility index (Phi) is 12.8. The number of fused-ring (bicyclic) bond motifs is 1. The molecule has 0 bridgehead atoms. The highest BCUT2D eigenvalue weighted by atomic mass is 16.7. The van der Waals surface area contributed by atoms with Crippen LogP contribution in [0.5, 0.6) is 0 Å². The zero-order chi connectivity index (χ0) is 39.6. The van der Waals surface area contributed by atoms with Crippen molar-refractivity contribution in [2.75, 3.05) is 6.61 Å². The summed E-state index contributed by atoms with van der Waals surface area (Å²) in [5, 5.41) is 13.3. The highest BCUT2D eigenvalue weighted by molar-refractivity contribution is 5.74. The van der Waals surface area contributed by atoms with Gasteiger partial charge in [-0.2, -0.15) is 0 Å². The highest BCUT2D eigenvalue weighted by Crippen LogP contribution is 2.42. The van der Waals surface area contributed by atoms with E-state index in [-0.39, 0.29) is 19.8 Å². The molecule has 3 aliphatic rings. The van der Waals surface area contributed by atoms with E-state index in [0.717, 1.165) is 27.8 Å². The SMILES string of the molecule is Cc1cc(Cc2cccc(C3(O)O[C@H](COCc4ccccc4)[C@@H](OCc4ccccc4)[C@H](OCc4ccccc4)[C@H]3OCc3ccccc3)c2)c2cccccc1-2. The molecule has 2 aliphatic carbocycles. The van der Waals surface area contributed by atoms with Crippen LogP contribution in [0.2, 0.25) is 0 Å². The van der Waals surface area contributed by atoms with Gasteiger partial charge in [0.2, 0.25) is 5.79 Å². The van der Waals surface area contributed by atoms with E-state index in [1.165, 1.54) is 22.3 Å². The van der Waals surface area contributed by atoms with E-state index in [2.05, 4.69) is 49.4 Å². The minimum Gasteiger partial charge on any atom is -0.374 e. The number of aliphatic hydroxyl groups is 1. The Bertz CT molecular complexity index is 2280. The molecule has 1 saturated heterocycles. The van der Waals surface area contributed by atoms with E-state index in [9.17, 15) is 5.11 Å². The van der Waals surface area contributed by atoms with Gasteiger partial charge in [-0.3, -0.25) is 0 Å². The summed E-state index contributed by atoms with van der Waals surface area (Å²) in [6, 6.07) is 61.0. The van der Waals surface area contributed by atoms with E-state index in [1.807, 2.05) is 140 Å². The van der Waals surface area contributed by atoms with E-state index >= 15 is 0 Å². The molecule has 5 aromatic rings. The molecular formula is C52H50O6. The largest absolute Gasteiger partial charge is 0.374 e. The minimum atomic E-state index is -1.95. The molecule has 1 unspecified atom stereocenters. The minimum absolute atomic E-state index is 0.142. The lowest BCUT2D eigenvalue weighted by atomic mass is 9.86. The maximum Gasteiger partial charge on any atom is 0.222 e. The molecule has 58 heavy (non-hydrogen) atoms. The Balaban J connectivity index is 1.18. The first-order chi connectivity index (χ1) is 28.5. The van der Waals surface area contributed by atoms with Gasteiger partial charge in [0, 0.05) is 5.56 Å². The fraction of sp³-hybridized carbons (Fsp3) is 0.231. The van der Waals surface area contributed by atoms with Crippen LogP contribution in [0, 0.1) is 6.92 Å². The first-order valence-electron chi connectivity index (χ1n) is 20.1. The van der Waals surface area contributed by atoms with Gasteiger partial charge in [0.15, 0.2) is 0 Å².